The van der Waals surface area contributed by atoms with Gasteiger partial charge < -0.3 is 10.5 Å². The summed E-state index contributed by atoms with van der Waals surface area (Å²) in [5.74, 6) is 1.13. The van der Waals surface area contributed by atoms with Crippen LogP contribution < -0.4 is 10.5 Å². The summed E-state index contributed by atoms with van der Waals surface area (Å²) in [7, 11) is 0. The number of pyridine rings is 1. The molecule has 0 aliphatic rings. The van der Waals surface area contributed by atoms with Crippen molar-refractivity contribution in [3.8, 4) is 11.6 Å². The Hall–Kier alpha value is -2.36. The zero-order valence-electron chi connectivity index (χ0n) is 12.0. The number of rotatable bonds is 4. The van der Waals surface area contributed by atoms with Gasteiger partial charge in [-0.2, -0.15) is 0 Å². The number of benzene rings is 1. The molecule has 0 atom stereocenters. The molecule has 0 aliphatic carbocycles. The van der Waals surface area contributed by atoms with E-state index in [1.54, 1.807) is 0 Å². The van der Waals surface area contributed by atoms with E-state index in [9.17, 15) is 0 Å². The first kappa shape index (κ1) is 14.1. The van der Waals surface area contributed by atoms with Gasteiger partial charge in [-0.3, -0.25) is 5.41 Å². The van der Waals surface area contributed by atoms with Crippen LogP contribution in [0.4, 0.5) is 0 Å². The van der Waals surface area contributed by atoms with Crippen LogP contribution in [0.5, 0.6) is 11.6 Å². The van der Waals surface area contributed by atoms with E-state index in [4.69, 9.17) is 15.9 Å². The maximum Gasteiger partial charge on any atom is 0.230 e. The van der Waals surface area contributed by atoms with Crippen LogP contribution in [0.15, 0.2) is 30.3 Å². The van der Waals surface area contributed by atoms with Gasteiger partial charge in [0.1, 0.15) is 11.6 Å². The number of aromatic nitrogens is 1. The fraction of sp³-hybridized carbons (Fsp3) is 0.250. The highest BCUT2D eigenvalue weighted by Crippen LogP contribution is 2.28. The van der Waals surface area contributed by atoms with E-state index in [0.29, 0.717) is 11.4 Å². The van der Waals surface area contributed by atoms with E-state index >= 15 is 0 Å². The predicted octanol–water partition coefficient (Wildman–Crippen LogP) is 3.34. The number of nitrogen functional groups attached to an aromatic ring is 1. The van der Waals surface area contributed by atoms with Crippen LogP contribution in [0.25, 0.3) is 0 Å². The van der Waals surface area contributed by atoms with Crippen molar-refractivity contribution in [1.29, 1.82) is 5.41 Å². The lowest BCUT2D eigenvalue weighted by Gasteiger charge is -2.14. The van der Waals surface area contributed by atoms with Gasteiger partial charge in [0.15, 0.2) is 0 Å². The topological polar surface area (TPSA) is 72.0 Å². The SMILES string of the molecule is CCc1ccccc1Oc1nc(C)cc(C)c1C(=N)N. The average molecular weight is 269 g/mol. The van der Waals surface area contributed by atoms with E-state index in [0.717, 1.165) is 29.0 Å². The Balaban J connectivity index is 2.50. The summed E-state index contributed by atoms with van der Waals surface area (Å²) in [6.45, 7) is 5.88. The van der Waals surface area contributed by atoms with Crippen molar-refractivity contribution in [2.45, 2.75) is 27.2 Å². The van der Waals surface area contributed by atoms with E-state index in [2.05, 4.69) is 11.9 Å². The first-order valence-corrected chi connectivity index (χ1v) is 6.61. The number of para-hydroxylation sites is 1. The Morgan fingerprint density at radius 2 is 2.00 bits per heavy atom. The predicted molar refractivity (Wildman–Crippen MR) is 80.6 cm³/mol. The molecule has 1 aromatic heterocycles. The molecule has 1 heterocycles. The molecular formula is C16H19N3O. The third-order valence-corrected chi connectivity index (χ3v) is 3.14. The van der Waals surface area contributed by atoms with Crippen LogP contribution >= 0.6 is 0 Å². The van der Waals surface area contributed by atoms with E-state index in [-0.39, 0.29) is 5.84 Å². The van der Waals surface area contributed by atoms with Gasteiger partial charge in [-0.25, -0.2) is 4.98 Å². The molecule has 0 amide bonds. The lowest BCUT2D eigenvalue weighted by molar-refractivity contribution is 0.454. The molecule has 0 saturated carbocycles. The van der Waals surface area contributed by atoms with Crippen molar-refractivity contribution < 1.29 is 4.74 Å². The number of nitrogens with zero attached hydrogens (tertiary/aromatic N) is 1. The minimum atomic E-state index is -0.0287. The quantitative estimate of drug-likeness (QED) is 0.660. The number of nitrogens with one attached hydrogen (secondary N) is 1. The summed E-state index contributed by atoms with van der Waals surface area (Å²) in [6.07, 6.45) is 0.871. The number of hydrogen-bond acceptors (Lipinski definition) is 3. The zero-order chi connectivity index (χ0) is 14.7. The fourth-order valence-corrected chi connectivity index (χ4v) is 2.20. The second-order valence-corrected chi connectivity index (χ2v) is 4.74. The third-order valence-electron chi connectivity index (χ3n) is 3.14. The van der Waals surface area contributed by atoms with Crippen molar-refractivity contribution in [3.63, 3.8) is 0 Å². The lowest BCUT2D eigenvalue weighted by Crippen LogP contribution is -2.15. The summed E-state index contributed by atoms with van der Waals surface area (Å²) in [6, 6.07) is 9.72. The molecule has 0 fully saturated rings. The molecule has 2 rings (SSSR count). The average Bonchev–Trinajstić information content (AvgIpc) is 2.38. The third kappa shape index (κ3) is 2.79. The Labute approximate surface area is 119 Å². The largest absolute Gasteiger partial charge is 0.438 e. The maximum atomic E-state index is 7.71. The molecule has 0 saturated heterocycles. The maximum absolute atomic E-state index is 7.71. The zero-order valence-corrected chi connectivity index (χ0v) is 12.0. The smallest absolute Gasteiger partial charge is 0.230 e. The normalized spacial score (nSPS) is 10.3. The van der Waals surface area contributed by atoms with Crippen LogP contribution in [0.3, 0.4) is 0 Å². The lowest BCUT2D eigenvalue weighted by atomic mass is 10.1. The van der Waals surface area contributed by atoms with Gasteiger partial charge in [0.05, 0.1) is 5.56 Å². The summed E-state index contributed by atoms with van der Waals surface area (Å²) in [5, 5.41) is 7.71. The van der Waals surface area contributed by atoms with Crippen molar-refractivity contribution in [3.05, 3.63) is 52.7 Å². The van der Waals surface area contributed by atoms with E-state index < -0.39 is 0 Å². The molecule has 0 radical (unpaired) electrons. The molecule has 3 N–H and O–H groups in total. The molecule has 2 aromatic rings. The minimum Gasteiger partial charge on any atom is -0.438 e. The van der Waals surface area contributed by atoms with Crippen LogP contribution in [-0.2, 0) is 6.42 Å². The van der Waals surface area contributed by atoms with Crippen LogP contribution in [0, 0.1) is 19.3 Å². The second kappa shape index (κ2) is 5.74. The number of ether oxygens (including phenoxy) is 1. The van der Waals surface area contributed by atoms with Crippen molar-refractivity contribution in [2.75, 3.05) is 0 Å². The van der Waals surface area contributed by atoms with Crippen LogP contribution in [0.1, 0.15) is 29.3 Å². The van der Waals surface area contributed by atoms with Gasteiger partial charge in [0.25, 0.3) is 0 Å². The van der Waals surface area contributed by atoms with E-state index in [1.165, 1.54) is 0 Å². The highest BCUT2D eigenvalue weighted by molar-refractivity contribution is 5.98. The van der Waals surface area contributed by atoms with Gasteiger partial charge >= 0.3 is 0 Å². The molecule has 0 unspecified atom stereocenters. The summed E-state index contributed by atoms with van der Waals surface area (Å²) < 4.78 is 5.92. The Morgan fingerprint density at radius 3 is 2.65 bits per heavy atom. The molecule has 0 spiro atoms. The molecule has 4 heteroatoms. The molecule has 4 nitrogen and oxygen atoms in total. The van der Waals surface area contributed by atoms with Crippen molar-refractivity contribution in [2.24, 2.45) is 5.73 Å². The second-order valence-electron chi connectivity index (χ2n) is 4.74. The molecule has 20 heavy (non-hydrogen) atoms. The standard InChI is InChI=1S/C16H19N3O/c1-4-12-7-5-6-8-13(12)20-16-14(15(17)18)10(2)9-11(3)19-16/h5-9H,4H2,1-3H3,(H3,17,18). The van der Waals surface area contributed by atoms with Gasteiger partial charge in [0, 0.05) is 5.69 Å². The molecule has 0 bridgehead atoms. The highest BCUT2D eigenvalue weighted by Gasteiger charge is 2.14. The van der Waals surface area contributed by atoms with Crippen molar-refractivity contribution in [1.82, 2.24) is 4.98 Å². The number of hydrogen-bond donors (Lipinski definition) is 2. The van der Waals surface area contributed by atoms with Gasteiger partial charge in [-0.15, -0.1) is 0 Å². The van der Waals surface area contributed by atoms with Gasteiger partial charge in [-0.05, 0) is 43.5 Å². The summed E-state index contributed by atoms with van der Waals surface area (Å²) in [4.78, 5) is 4.38. The first-order valence-electron chi connectivity index (χ1n) is 6.61. The van der Waals surface area contributed by atoms with Crippen LogP contribution in [0.2, 0.25) is 0 Å². The molecule has 0 aliphatic heterocycles. The monoisotopic (exact) mass is 269 g/mol. The minimum absolute atomic E-state index is 0.0287. The number of aryl methyl sites for hydroxylation is 3. The highest BCUT2D eigenvalue weighted by atomic mass is 16.5. The summed E-state index contributed by atoms with van der Waals surface area (Å²) in [5.41, 5.74) is 9.05. The summed E-state index contributed by atoms with van der Waals surface area (Å²) >= 11 is 0. The molecular weight excluding hydrogens is 250 g/mol. The van der Waals surface area contributed by atoms with Gasteiger partial charge in [0.2, 0.25) is 5.88 Å². The Morgan fingerprint density at radius 1 is 1.30 bits per heavy atom. The first-order chi connectivity index (χ1) is 9.52. The number of nitrogens with two attached hydrogens (primary N) is 1. The molecule has 1 aromatic carbocycles. The van der Waals surface area contributed by atoms with E-state index in [1.807, 2.05) is 44.2 Å². The Kier molecular flexibility index (Phi) is 4.03. The fourth-order valence-electron chi connectivity index (χ4n) is 2.20. The van der Waals surface area contributed by atoms with Crippen LogP contribution in [-0.4, -0.2) is 10.8 Å². The Bertz CT molecular complexity index is 650. The van der Waals surface area contributed by atoms with Gasteiger partial charge in [-0.1, -0.05) is 25.1 Å². The number of amidine groups is 1. The molecule has 104 valence electrons. The van der Waals surface area contributed by atoms with Crippen molar-refractivity contribution >= 4 is 5.84 Å².